The van der Waals surface area contributed by atoms with E-state index in [1.165, 1.54) is 6.07 Å². The minimum absolute atomic E-state index is 0.00352. The number of hydrogen-bond donors (Lipinski definition) is 0. The van der Waals surface area contributed by atoms with Gasteiger partial charge in [0.15, 0.2) is 12.4 Å². The van der Waals surface area contributed by atoms with E-state index in [1.807, 2.05) is 19.1 Å². The third-order valence-electron chi connectivity index (χ3n) is 2.78. The molecule has 0 fully saturated rings. The van der Waals surface area contributed by atoms with E-state index in [2.05, 4.69) is 0 Å². The number of hydrogen-bond acceptors (Lipinski definition) is 4. The Morgan fingerprint density at radius 2 is 1.90 bits per heavy atom. The van der Waals surface area contributed by atoms with Crippen LogP contribution in [0.4, 0.5) is 5.69 Å². The lowest BCUT2D eigenvalue weighted by Gasteiger charge is -2.01. The minimum atomic E-state index is -0.563. The monoisotopic (exact) mass is 265 g/mol. The molecule has 0 saturated heterocycles. The lowest BCUT2D eigenvalue weighted by molar-refractivity contribution is -0.601. The van der Waals surface area contributed by atoms with Gasteiger partial charge in [0, 0.05) is 23.8 Å². The predicted molar refractivity (Wildman–Crippen MR) is 68.8 cm³/mol. The number of benzene rings is 1. The SMILES string of the molecule is Cc1ccc[n+](-c2cc(C#N)c(C#N)cc2[N+](=O)[O-])c1. The van der Waals surface area contributed by atoms with Gasteiger partial charge in [0.05, 0.1) is 16.1 Å². The van der Waals surface area contributed by atoms with Gasteiger partial charge < -0.3 is 0 Å². The van der Waals surface area contributed by atoms with E-state index in [0.717, 1.165) is 11.6 Å². The molecule has 0 aliphatic rings. The Morgan fingerprint density at radius 1 is 1.25 bits per heavy atom. The van der Waals surface area contributed by atoms with Crippen molar-refractivity contribution in [1.82, 2.24) is 0 Å². The summed E-state index contributed by atoms with van der Waals surface area (Å²) >= 11 is 0. The van der Waals surface area contributed by atoms with Crippen LogP contribution in [0.1, 0.15) is 16.7 Å². The number of nitro groups is 1. The van der Waals surface area contributed by atoms with Gasteiger partial charge in [-0.1, -0.05) is 0 Å². The predicted octanol–water partition coefficient (Wildman–Crippen LogP) is 1.92. The smallest absolute Gasteiger partial charge is 0.258 e. The summed E-state index contributed by atoms with van der Waals surface area (Å²) in [6, 6.07) is 9.77. The van der Waals surface area contributed by atoms with E-state index >= 15 is 0 Å². The van der Waals surface area contributed by atoms with Crippen LogP contribution >= 0.6 is 0 Å². The van der Waals surface area contributed by atoms with Gasteiger partial charge in [-0.15, -0.1) is 0 Å². The third kappa shape index (κ3) is 2.31. The van der Waals surface area contributed by atoms with Crippen molar-refractivity contribution in [3.8, 4) is 17.8 Å². The molecule has 0 amide bonds. The zero-order valence-corrected chi connectivity index (χ0v) is 10.6. The molecule has 2 rings (SSSR count). The van der Waals surface area contributed by atoms with Gasteiger partial charge in [0.1, 0.15) is 12.1 Å². The first-order valence-electron chi connectivity index (χ1n) is 5.67. The van der Waals surface area contributed by atoms with Gasteiger partial charge in [-0.2, -0.15) is 15.1 Å². The fourth-order valence-corrected chi connectivity index (χ4v) is 1.86. The van der Waals surface area contributed by atoms with Crippen molar-refractivity contribution >= 4 is 5.69 Å². The Bertz CT molecular complexity index is 785. The van der Waals surface area contributed by atoms with Crippen LogP contribution in [0.15, 0.2) is 36.7 Å². The molecule has 0 N–H and O–H groups in total. The van der Waals surface area contributed by atoms with Crippen molar-refractivity contribution in [3.05, 3.63) is 63.5 Å². The van der Waals surface area contributed by atoms with Gasteiger partial charge in [-0.25, -0.2) is 0 Å². The van der Waals surface area contributed by atoms with Crippen LogP contribution in [-0.2, 0) is 0 Å². The number of nitro benzene ring substituents is 1. The first-order valence-corrected chi connectivity index (χ1v) is 5.67. The second-order valence-electron chi connectivity index (χ2n) is 4.16. The molecule has 0 atom stereocenters. The highest BCUT2D eigenvalue weighted by molar-refractivity contribution is 5.59. The molecule has 0 bridgehead atoms. The zero-order chi connectivity index (χ0) is 14.7. The van der Waals surface area contributed by atoms with Crippen LogP contribution < -0.4 is 4.57 Å². The molecular weight excluding hydrogens is 256 g/mol. The largest absolute Gasteiger partial charge is 0.341 e. The summed E-state index contributed by atoms with van der Waals surface area (Å²) in [6.07, 6.45) is 3.37. The fourth-order valence-electron chi connectivity index (χ4n) is 1.86. The Labute approximate surface area is 114 Å². The number of pyridine rings is 1. The highest BCUT2D eigenvalue weighted by Crippen LogP contribution is 2.23. The minimum Gasteiger partial charge on any atom is -0.258 e. The molecule has 0 spiro atoms. The van der Waals surface area contributed by atoms with Crippen molar-refractivity contribution < 1.29 is 9.49 Å². The van der Waals surface area contributed by atoms with Crippen molar-refractivity contribution in [1.29, 1.82) is 10.5 Å². The summed E-state index contributed by atoms with van der Waals surface area (Å²) in [5.41, 5.74) is 1.08. The summed E-state index contributed by atoms with van der Waals surface area (Å²) < 4.78 is 1.56. The van der Waals surface area contributed by atoms with Crippen LogP contribution in [0.3, 0.4) is 0 Å². The fraction of sp³-hybridized carbons (Fsp3) is 0.0714. The summed E-state index contributed by atoms with van der Waals surface area (Å²) in [7, 11) is 0. The number of aryl methyl sites for hydroxylation is 1. The third-order valence-corrected chi connectivity index (χ3v) is 2.78. The number of aromatic nitrogens is 1. The van der Waals surface area contributed by atoms with Gasteiger partial charge in [-0.05, 0) is 13.0 Å². The van der Waals surface area contributed by atoms with Crippen molar-refractivity contribution in [2.75, 3.05) is 0 Å². The van der Waals surface area contributed by atoms with Crippen molar-refractivity contribution in [2.45, 2.75) is 6.92 Å². The Balaban J connectivity index is 2.78. The molecule has 0 aliphatic carbocycles. The summed E-state index contributed by atoms with van der Waals surface area (Å²) in [5, 5.41) is 29.1. The van der Waals surface area contributed by atoms with Crippen LogP contribution in [0.5, 0.6) is 0 Å². The summed E-state index contributed by atoms with van der Waals surface area (Å²) in [4.78, 5) is 10.6. The van der Waals surface area contributed by atoms with Crippen LogP contribution in [-0.4, -0.2) is 4.92 Å². The van der Waals surface area contributed by atoms with E-state index in [4.69, 9.17) is 10.5 Å². The quantitative estimate of drug-likeness (QED) is 0.471. The van der Waals surface area contributed by atoms with Crippen molar-refractivity contribution in [3.63, 3.8) is 0 Å². The molecule has 0 saturated carbocycles. The maximum atomic E-state index is 11.1. The molecular formula is C14H9N4O2+. The van der Waals surface area contributed by atoms with E-state index in [1.54, 1.807) is 29.1 Å². The molecule has 6 heteroatoms. The first-order chi connectivity index (χ1) is 9.56. The number of nitriles is 2. The highest BCUT2D eigenvalue weighted by atomic mass is 16.6. The molecule has 1 heterocycles. The normalized spacial score (nSPS) is 9.55. The van der Waals surface area contributed by atoms with Crippen molar-refractivity contribution in [2.24, 2.45) is 0 Å². The maximum absolute atomic E-state index is 11.1. The molecule has 0 unspecified atom stereocenters. The molecule has 1 aromatic heterocycles. The van der Waals surface area contributed by atoms with Crippen LogP contribution in [0, 0.1) is 39.7 Å². The summed E-state index contributed by atoms with van der Waals surface area (Å²) in [6.45, 7) is 1.86. The molecule has 0 aliphatic heterocycles. The maximum Gasteiger partial charge on any atom is 0.341 e. The topological polar surface area (TPSA) is 94.6 Å². The Kier molecular flexibility index (Phi) is 3.41. The Hall–Kier alpha value is -3.25. The number of nitrogens with zero attached hydrogens (tertiary/aromatic N) is 4. The second kappa shape index (κ2) is 5.17. The van der Waals surface area contributed by atoms with E-state index < -0.39 is 4.92 Å². The molecule has 0 radical (unpaired) electrons. The Morgan fingerprint density at radius 3 is 2.45 bits per heavy atom. The standard InChI is InChI=1S/C14H9N4O2/c1-10-3-2-4-17(9-10)13-5-11(7-15)12(8-16)6-14(13)18(19)20/h2-6,9H,1H3/q+1. The zero-order valence-electron chi connectivity index (χ0n) is 10.6. The second-order valence-corrected chi connectivity index (χ2v) is 4.16. The molecule has 20 heavy (non-hydrogen) atoms. The van der Waals surface area contributed by atoms with Gasteiger partial charge in [0.2, 0.25) is 0 Å². The highest BCUT2D eigenvalue weighted by Gasteiger charge is 2.25. The van der Waals surface area contributed by atoms with Crippen LogP contribution in [0.2, 0.25) is 0 Å². The van der Waals surface area contributed by atoms with Gasteiger partial charge in [0.25, 0.3) is 5.69 Å². The summed E-state index contributed by atoms with van der Waals surface area (Å²) in [5.74, 6) is 0. The molecule has 2 aromatic rings. The number of rotatable bonds is 2. The van der Waals surface area contributed by atoms with Gasteiger partial charge >= 0.3 is 5.69 Å². The average Bonchev–Trinajstić information content (AvgIpc) is 2.45. The molecule has 96 valence electrons. The van der Waals surface area contributed by atoms with Crippen LogP contribution in [0.25, 0.3) is 5.69 Å². The van der Waals surface area contributed by atoms with E-state index in [-0.39, 0.29) is 22.5 Å². The van der Waals surface area contributed by atoms with Gasteiger partial charge in [-0.3, -0.25) is 10.1 Å². The molecule has 6 nitrogen and oxygen atoms in total. The van der Waals surface area contributed by atoms with E-state index in [0.29, 0.717) is 0 Å². The first kappa shape index (κ1) is 13.2. The average molecular weight is 265 g/mol. The lowest BCUT2D eigenvalue weighted by atomic mass is 10.1. The molecule has 1 aromatic carbocycles. The lowest BCUT2D eigenvalue weighted by Crippen LogP contribution is -2.31. The van der Waals surface area contributed by atoms with E-state index in [9.17, 15) is 10.1 Å².